The van der Waals surface area contributed by atoms with E-state index in [4.69, 9.17) is 23.2 Å². The van der Waals surface area contributed by atoms with Crippen molar-refractivity contribution in [1.82, 2.24) is 15.2 Å². The van der Waals surface area contributed by atoms with Gasteiger partial charge in [-0.1, -0.05) is 54.2 Å². The van der Waals surface area contributed by atoms with Gasteiger partial charge < -0.3 is 0 Å². The van der Waals surface area contributed by atoms with Gasteiger partial charge in [0.1, 0.15) is 4.90 Å². The summed E-state index contributed by atoms with van der Waals surface area (Å²) in [5, 5.41) is 0.181. The first kappa shape index (κ1) is 29.8. The normalized spacial score (nSPS) is 14.7. The van der Waals surface area contributed by atoms with Crippen LogP contribution in [0.2, 0.25) is 10.0 Å². The summed E-state index contributed by atoms with van der Waals surface area (Å²) in [6, 6.07) is 15.3. The predicted molar refractivity (Wildman–Crippen MR) is 152 cm³/mol. The zero-order chi connectivity index (χ0) is 28.9. The molecule has 3 N–H and O–H groups in total. The molecule has 3 aromatic carbocycles. The number of hydrazine groups is 1. The van der Waals surface area contributed by atoms with Crippen molar-refractivity contribution < 1.29 is 26.4 Å². The summed E-state index contributed by atoms with van der Waals surface area (Å²) in [6.07, 6.45) is 3.35. The number of para-hydroxylation sites is 1. The second kappa shape index (κ2) is 12.6. The third kappa shape index (κ3) is 6.94. The molecular weight excluding hydrogens is 599 g/mol. The van der Waals surface area contributed by atoms with Gasteiger partial charge in [0.05, 0.1) is 20.6 Å². The summed E-state index contributed by atoms with van der Waals surface area (Å²) in [6.45, 7) is 0.738. The number of halogens is 2. The molecule has 0 spiro atoms. The van der Waals surface area contributed by atoms with Crippen LogP contribution in [0.15, 0.2) is 76.5 Å². The molecule has 14 heteroatoms. The summed E-state index contributed by atoms with van der Waals surface area (Å²) in [4.78, 5) is 25.1. The molecule has 1 heterocycles. The maximum atomic E-state index is 13.2. The molecule has 0 aromatic heterocycles. The number of hydrogen-bond donors (Lipinski definition) is 3. The number of nitrogens with zero attached hydrogens (tertiary/aromatic N) is 1. The van der Waals surface area contributed by atoms with E-state index < -0.39 is 31.9 Å². The molecule has 0 aliphatic carbocycles. The van der Waals surface area contributed by atoms with Gasteiger partial charge in [-0.05, 0) is 61.4 Å². The lowest BCUT2D eigenvalue weighted by Crippen LogP contribution is -2.41. The highest BCUT2D eigenvalue weighted by molar-refractivity contribution is 7.92. The number of carbonyl (C=O) groups excluding carboxylic acids is 2. The van der Waals surface area contributed by atoms with Gasteiger partial charge in [0.15, 0.2) is 0 Å². The minimum atomic E-state index is -4.08. The molecule has 1 saturated heterocycles. The Morgan fingerprint density at radius 3 is 1.98 bits per heavy atom. The van der Waals surface area contributed by atoms with Gasteiger partial charge in [0.25, 0.3) is 21.8 Å². The average Bonchev–Trinajstić information content (AvgIpc) is 3.23. The monoisotopic (exact) mass is 624 g/mol. The van der Waals surface area contributed by atoms with Crippen LogP contribution in [0.25, 0.3) is 0 Å². The Morgan fingerprint density at radius 1 is 0.700 bits per heavy atom. The van der Waals surface area contributed by atoms with Crippen LogP contribution in [-0.4, -0.2) is 46.0 Å². The first-order valence-electron chi connectivity index (χ1n) is 12.3. The van der Waals surface area contributed by atoms with Crippen molar-refractivity contribution in [3.05, 3.63) is 87.9 Å². The Kier molecular flexibility index (Phi) is 9.37. The molecule has 2 amide bonds. The lowest BCUT2D eigenvalue weighted by atomic mass is 10.2. The van der Waals surface area contributed by atoms with E-state index in [1.54, 1.807) is 12.1 Å². The molecule has 40 heavy (non-hydrogen) atoms. The van der Waals surface area contributed by atoms with Crippen molar-refractivity contribution >= 4 is 60.8 Å². The molecular formula is C26H26Cl2N4O6S2. The average molecular weight is 626 g/mol. The number of rotatable bonds is 7. The van der Waals surface area contributed by atoms with E-state index in [9.17, 15) is 26.4 Å². The lowest BCUT2D eigenvalue weighted by Gasteiger charge is -2.21. The van der Waals surface area contributed by atoms with Crippen LogP contribution in [0.3, 0.4) is 0 Å². The van der Waals surface area contributed by atoms with E-state index in [0.717, 1.165) is 37.8 Å². The lowest BCUT2D eigenvalue weighted by molar-refractivity contribution is 0.0846. The first-order chi connectivity index (χ1) is 19.0. The molecule has 3 aromatic rings. The van der Waals surface area contributed by atoms with E-state index in [1.165, 1.54) is 46.8 Å². The predicted octanol–water partition coefficient (Wildman–Crippen LogP) is 4.43. The first-order valence-corrected chi connectivity index (χ1v) is 15.9. The molecule has 1 aliphatic rings. The molecule has 0 saturated carbocycles. The molecule has 1 fully saturated rings. The largest absolute Gasteiger partial charge is 0.278 e. The maximum absolute atomic E-state index is 13.2. The number of sulfonamides is 2. The van der Waals surface area contributed by atoms with Crippen LogP contribution < -0.4 is 15.6 Å². The number of carbonyl (C=O) groups is 2. The quantitative estimate of drug-likeness (QED) is 0.332. The fourth-order valence-electron chi connectivity index (χ4n) is 4.07. The molecule has 1 aliphatic heterocycles. The van der Waals surface area contributed by atoms with Gasteiger partial charge in [0.2, 0.25) is 10.0 Å². The van der Waals surface area contributed by atoms with Crippen molar-refractivity contribution in [2.24, 2.45) is 0 Å². The second-order valence-corrected chi connectivity index (χ2v) is 13.4. The van der Waals surface area contributed by atoms with E-state index in [0.29, 0.717) is 13.1 Å². The zero-order valence-electron chi connectivity index (χ0n) is 21.1. The van der Waals surface area contributed by atoms with Crippen LogP contribution >= 0.6 is 23.2 Å². The highest BCUT2D eigenvalue weighted by Crippen LogP contribution is 2.28. The van der Waals surface area contributed by atoms with Gasteiger partial charge in [0, 0.05) is 24.2 Å². The van der Waals surface area contributed by atoms with E-state index in [2.05, 4.69) is 15.6 Å². The Morgan fingerprint density at radius 2 is 1.32 bits per heavy atom. The van der Waals surface area contributed by atoms with Crippen molar-refractivity contribution in [1.29, 1.82) is 0 Å². The highest BCUT2D eigenvalue weighted by Gasteiger charge is 2.28. The molecule has 212 valence electrons. The fraction of sp³-hybridized carbons (Fsp3) is 0.231. The Bertz CT molecular complexity index is 1640. The Hall–Kier alpha value is -3.16. The third-order valence-corrected chi connectivity index (χ3v) is 10.3. The van der Waals surface area contributed by atoms with Gasteiger partial charge in [-0.15, -0.1) is 0 Å². The van der Waals surface area contributed by atoms with Crippen LogP contribution in [0.1, 0.15) is 46.4 Å². The minimum absolute atomic E-state index is 0.0201. The fourth-order valence-corrected chi connectivity index (χ4v) is 7.46. The van der Waals surface area contributed by atoms with Crippen molar-refractivity contribution in [2.45, 2.75) is 35.5 Å². The van der Waals surface area contributed by atoms with Crippen molar-refractivity contribution in [3.8, 4) is 0 Å². The SMILES string of the molecule is O=C(NNC(=O)c1ccc(Cl)c(S(=O)(=O)N2CCCCCC2)c1)c1cccc(S(=O)(=O)Nc2ccccc2Cl)c1. The van der Waals surface area contributed by atoms with Crippen molar-refractivity contribution in [2.75, 3.05) is 17.8 Å². The van der Waals surface area contributed by atoms with Crippen LogP contribution in [0, 0.1) is 0 Å². The number of anilines is 1. The Labute approximate surface area is 242 Å². The number of amides is 2. The van der Waals surface area contributed by atoms with Crippen molar-refractivity contribution in [3.63, 3.8) is 0 Å². The van der Waals surface area contributed by atoms with E-state index >= 15 is 0 Å². The number of nitrogens with one attached hydrogen (secondary N) is 3. The molecule has 0 bridgehead atoms. The molecule has 0 radical (unpaired) electrons. The van der Waals surface area contributed by atoms with Gasteiger partial charge in [-0.25, -0.2) is 16.8 Å². The van der Waals surface area contributed by atoms with E-state index in [-0.39, 0.29) is 36.7 Å². The zero-order valence-corrected chi connectivity index (χ0v) is 24.2. The van der Waals surface area contributed by atoms with Crippen LogP contribution in [0.5, 0.6) is 0 Å². The van der Waals surface area contributed by atoms with Crippen LogP contribution in [-0.2, 0) is 20.0 Å². The van der Waals surface area contributed by atoms with Gasteiger partial charge >= 0.3 is 0 Å². The number of benzene rings is 3. The number of hydrogen-bond acceptors (Lipinski definition) is 6. The topological polar surface area (TPSA) is 142 Å². The highest BCUT2D eigenvalue weighted by atomic mass is 35.5. The molecule has 0 atom stereocenters. The Balaban J connectivity index is 1.46. The summed E-state index contributed by atoms with van der Waals surface area (Å²) in [7, 11) is -8.00. The van der Waals surface area contributed by atoms with Gasteiger partial charge in [-0.2, -0.15) is 4.31 Å². The van der Waals surface area contributed by atoms with Gasteiger partial charge in [-0.3, -0.25) is 25.2 Å². The molecule has 10 nitrogen and oxygen atoms in total. The minimum Gasteiger partial charge on any atom is -0.278 e. The summed E-state index contributed by atoms with van der Waals surface area (Å²) in [5.74, 6) is -1.59. The summed E-state index contributed by atoms with van der Waals surface area (Å²) < 4.78 is 55.8. The maximum Gasteiger partial charge on any atom is 0.269 e. The standard InChI is InChI=1S/C26H26Cl2N4O6S2/c27-21-10-3-4-11-23(21)31-39(35,36)20-9-7-8-18(16-20)25(33)29-30-26(34)19-12-13-22(28)24(17-19)40(37,38)32-14-5-1-2-6-15-32/h3-4,7-13,16-17,31H,1-2,5-6,14-15H2,(H,29,33)(H,30,34). The summed E-state index contributed by atoms with van der Waals surface area (Å²) in [5.41, 5.74) is 4.51. The molecule has 4 rings (SSSR count). The molecule has 0 unspecified atom stereocenters. The van der Waals surface area contributed by atoms with E-state index in [1.807, 2.05) is 0 Å². The second-order valence-electron chi connectivity index (χ2n) is 8.98. The smallest absolute Gasteiger partial charge is 0.269 e. The van der Waals surface area contributed by atoms with Crippen LogP contribution in [0.4, 0.5) is 5.69 Å². The third-order valence-electron chi connectivity index (χ3n) is 6.19. The summed E-state index contributed by atoms with van der Waals surface area (Å²) >= 11 is 12.2.